The number of carbonyl (C=O) groups is 1. The molecule has 0 atom stereocenters. The summed E-state index contributed by atoms with van der Waals surface area (Å²) in [5.74, 6) is 2.46. The van der Waals surface area contributed by atoms with Crippen molar-refractivity contribution in [2.24, 2.45) is 0 Å². The number of amides is 2. The first-order valence-electron chi connectivity index (χ1n) is 11.9. The maximum Gasteiger partial charge on any atom is 0.317 e. The molecule has 6 heteroatoms. The van der Waals surface area contributed by atoms with E-state index in [1.165, 1.54) is 11.3 Å². The SMILES string of the molecule is C#C/C=C1/CN(C(=O)NCCCCN2CCN(c3ccccc3C)CC2)CCC1=N.CC.[HH]. The molecule has 0 aromatic heterocycles. The van der Waals surface area contributed by atoms with Gasteiger partial charge in [-0.2, -0.15) is 0 Å². The molecule has 1 aromatic carbocycles. The van der Waals surface area contributed by atoms with Gasteiger partial charge in [-0.1, -0.05) is 38.0 Å². The molecule has 32 heavy (non-hydrogen) atoms. The lowest BCUT2D eigenvalue weighted by atomic mass is 10.0. The number of unbranched alkanes of at least 4 members (excludes halogenated alkanes) is 1. The van der Waals surface area contributed by atoms with Crippen molar-refractivity contribution < 1.29 is 6.22 Å². The van der Waals surface area contributed by atoms with Crippen LogP contribution < -0.4 is 10.2 Å². The second-order valence-electron chi connectivity index (χ2n) is 8.04. The Kier molecular flexibility index (Phi) is 10.8. The fourth-order valence-electron chi connectivity index (χ4n) is 4.09. The average molecular weight is 440 g/mol. The van der Waals surface area contributed by atoms with Crippen molar-refractivity contribution in [1.82, 2.24) is 15.1 Å². The first-order chi connectivity index (χ1) is 15.6. The molecule has 2 N–H and O–H groups in total. The van der Waals surface area contributed by atoms with Gasteiger partial charge >= 0.3 is 6.03 Å². The molecule has 2 saturated heterocycles. The summed E-state index contributed by atoms with van der Waals surface area (Å²) in [6.07, 6.45) is 9.53. The van der Waals surface area contributed by atoms with Gasteiger partial charge in [-0.05, 0) is 44.0 Å². The fraction of sp³-hybridized carbons (Fsp3) is 0.538. The third-order valence-electron chi connectivity index (χ3n) is 5.93. The van der Waals surface area contributed by atoms with Gasteiger partial charge in [0.05, 0.1) is 0 Å². The molecule has 0 unspecified atom stereocenters. The molecule has 1 aromatic rings. The van der Waals surface area contributed by atoms with Crippen molar-refractivity contribution in [2.75, 3.05) is 57.3 Å². The van der Waals surface area contributed by atoms with Gasteiger partial charge in [0.1, 0.15) is 0 Å². The molecule has 2 amide bonds. The number of carbonyl (C=O) groups excluding carboxylic acids is 1. The summed E-state index contributed by atoms with van der Waals surface area (Å²) >= 11 is 0. The van der Waals surface area contributed by atoms with E-state index < -0.39 is 0 Å². The Balaban J connectivity index is 0.00000177. The molecule has 3 rings (SSSR count). The van der Waals surface area contributed by atoms with Crippen molar-refractivity contribution in [3.8, 4) is 12.3 Å². The van der Waals surface area contributed by atoms with E-state index in [4.69, 9.17) is 11.8 Å². The highest BCUT2D eigenvalue weighted by Gasteiger charge is 2.22. The number of hydrogen-bond donors (Lipinski definition) is 2. The fourth-order valence-corrected chi connectivity index (χ4v) is 4.09. The molecule has 2 aliphatic heterocycles. The Morgan fingerprint density at radius 3 is 2.59 bits per heavy atom. The molecule has 0 saturated carbocycles. The van der Waals surface area contributed by atoms with E-state index >= 15 is 0 Å². The van der Waals surface area contributed by atoms with Gasteiger partial charge < -0.3 is 20.5 Å². The number of piperidine rings is 1. The molecule has 0 spiro atoms. The first kappa shape index (κ1) is 25.5. The maximum absolute atomic E-state index is 12.4. The molecule has 0 aliphatic carbocycles. The number of urea groups is 1. The van der Waals surface area contributed by atoms with Gasteiger partial charge in [0, 0.05) is 70.6 Å². The molecule has 2 aliphatic rings. The minimum absolute atomic E-state index is 0. The zero-order chi connectivity index (χ0) is 23.3. The second-order valence-corrected chi connectivity index (χ2v) is 8.04. The molecule has 2 heterocycles. The van der Waals surface area contributed by atoms with Crippen LogP contribution in [-0.2, 0) is 0 Å². The number of benzene rings is 1. The number of para-hydroxylation sites is 1. The van der Waals surface area contributed by atoms with E-state index in [1.54, 1.807) is 11.0 Å². The minimum atomic E-state index is -0.0581. The van der Waals surface area contributed by atoms with E-state index in [0.717, 1.165) is 51.1 Å². The summed E-state index contributed by atoms with van der Waals surface area (Å²) < 4.78 is 0. The predicted molar refractivity (Wildman–Crippen MR) is 137 cm³/mol. The minimum Gasteiger partial charge on any atom is -0.369 e. The molecular weight excluding hydrogens is 398 g/mol. The number of anilines is 1. The van der Waals surface area contributed by atoms with Crippen molar-refractivity contribution in [3.63, 3.8) is 0 Å². The predicted octanol–water partition coefficient (Wildman–Crippen LogP) is 4.16. The summed E-state index contributed by atoms with van der Waals surface area (Å²) in [6, 6.07) is 8.54. The van der Waals surface area contributed by atoms with Crippen LogP contribution in [0.5, 0.6) is 0 Å². The Bertz CT molecular complexity index is 824. The number of nitrogens with zero attached hydrogens (tertiary/aromatic N) is 3. The first-order valence-corrected chi connectivity index (χ1v) is 11.9. The maximum atomic E-state index is 12.4. The van der Waals surface area contributed by atoms with Gasteiger partial charge in [0.2, 0.25) is 0 Å². The third kappa shape index (κ3) is 7.42. The van der Waals surface area contributed by atoms with Crippen LogP contribution in [0.4, 0.5) is 10.5 Å². The highest BCUT2D eigenvalue weighted by atomic mass is 16.2. The number of terminal acetylenes is 1. The van der Waals surface area contributed by atoms with Crippen molar-refractivity contribution >= 4 is 17.4 Å². The van der Waals surface area contributed by atoms with Crippen LogP contribution in [0.1, 0.15) is 40.1 Å². The third-order valence-corrected chi connectivity index (χ3v) is 5.93. The topological polar surface area (TPSA) is 62.7 Å². The number of hydrogen-bond acceptors (Lipinski definition) is 4. The zero-order valence-electron chi connectivity index (χ0n) is 20.0. The van der Waals surface area contributed by atoms with E-state index in [1.807, 2.05) is 13.8 Å². The summed E-state index contributed by atoms with van der Waals surface area (Å²) in [4.78, 5) is 19.1. The lowest BCUT2D eigenvalue weighted by Gasteiger charge is -2.36. The van der Waals surface area contributed by atoms with E-state index in [9.17, 15) is 4.79 Å². The standard InChI is InChI=1S/C24H33N5O.C2H6.H2/c1-3-8-21-19-29(14-11-22(21)25)24(30)26-12-6-7-13-27-15-17-28(18-16-27)23-10-5-4-9-20(23)2;1-2;/h1,4-5,8-10,25H,6-7,11-19H2,2H3,(H,26,30);1-2H3;1H/b21-8-,25-22?;;. The number of piperazine rings is 1. The van der Waals surface area contributed by atoms with Crippen LogP contribution in [0.3, 0.4) is 0 Å². The van der Waals surface area contributed by atoms with E-state index in [0.29, 0.717) is 31.8 Å². The Morgan fingerprint density at radius 1 is 1.19 bits per heavy atom. The Hall–Kier alpha value is -2.78. The van der Waals surface area contributed by atoms with Crippen LogP contribution in [0.2, 0.25) is 0 Å². The summed E-state index contributed by atoms with van der Waals surface area (Å²) in [5, 5.41) is 10.9. The second kappa shape index (κ2) is 13.6. The van der Waals surface area contributed by atoms with Gasteiger partial charge in [-0.15, -0.1) is 6.42 Å². The largest absolute Gasteiger partial charge is 0.369 e. The number of rotatable bonds is 6. The van der Waals surface area contributed by atoms with Gasteiger partial charge in [-0.3, -0.25) is 4.90 Å². The molecule has 0 radical (unpaired) electrons. The normalized spacial score (nSPS) is 18.1. The number of nitrogens with one attached hydrogen (secondary N) is 2. The van der Waals surface area contributed by atoms with Gasteiger partial charge in [-0.25, -0.2) is 4.79 Å². The quantitative estimate of drug-likeness (QED) is 0.517. The highest BCUT2D eigenvalue weighted by molar-refractivity contribution is 6.00. The summed E-state index contributed by atoms with van der Waals surface area (Å²) in [6.45, 7) is 13.3. The average Bonchev–Trinajstić information content (AvgIpc) is 2.82. The van der Waals surface area contributed by atoms with Gasteiger partial charge in [0.25, 0.3) is 0 Å². The van der Waals surface area contributed by atoms with Crippen LogP contribution in [0, 0.1) is 24.7 Å². The molecule has 6 nitrogen and oxygen atoms in total. The summed E-state index contributed by atoms with van der Waals surface area (Å²) in [7, 11) is 0. The molecule has 2 fully saturated rings. The monoisotopic (exact) mass is 439 g/mol. The van der Waals surface area contributed by atoms with Crippen LogP contribution in [0.25, 0.3) is 0 Å². The van der Waals surface area contributed by atoms with E-state index in [-0.39, 0.29) is 7.46 Å². The lowest BCUT2D eigenvalue weighted by Crippen LogP contribution is -2.47. The van der Waals surface area contributed by atoms with E-state index in [2.05, 4.69) is 52.2 Å². The zero-order valence-corrected chi connectivity index (χ0v) is 20.0. The van der Waals surface area contributed by atoms with Crippen LogP contribution in [-0.4, -0.2) is 73.9 Å². The van der Waals surface area contributed by atoms with Crippen LogP contribution >= 0.6 is 0 Å². The van der Waals surface area contributed by atoms with Crippen molar-refractivity contribution in [1.29, 1.82) is 5.41 Å². The van der Waals surface area contributed by atoms with Crippen LogP contribution in [0.15, 0.2) is 35.9 Å². The molecule has 176 valence electrons. The summed E-state index contributed by atoms with van der Waals surface area (Å²) in [5.41, 5.74) is 4.00. The number of allylic oxidation sites excluding steroid dienone is 1. The Morgan fingerprint density at radius 2 is 1.91 bits per heavy atom. The number of likely N-dealkylation sites (tertiary alicyclic amines) is 1. The van der Waals surface area contributed by atoms with Gasteiger partial charge in [0.15, 0.2) is 0 Å². The number of aryl methyl sites for hydroxylation is 1. The van der Waals surface area contributed by atoms with Crippen molar-refractivity contribution in [2.45, 2.75) is 40.0 Å². The Labute approximate surface area is 195 Å². The smallest absolute Gasteiger partial charge is 0.317 e. The van der Waals surface area contributed by atoms with Crippen molar-refractivity contribution in [3.05, 3.63) is 41.5 Å². The lowest BCUT2D eigenvalue weighted by molar-refractivity contribution is 0.201. The molecular formula is C26H41N5O. The molecule has 0 bridgehead atoms. The highest BCUT2D eigenvalue weighted by Crippen LogP contribution is 2.20.